The van der Waals surface area contributed by atoms with Crippen LogP contribution in [0.3, 0.4) is 0 Å². The SMILES string of the molecule is NCCOCCNc1cnccn1. The number of aromatic nitrogens is 2. The van der Waals surface area contributed by atoms with Gasteiger partial charge in [-0.3, -0.25) is 4.98 Å². The van der Waals surface area contributed by atoms with E-state index in [0.717, 1.165) is 12.4 Å². The van der Waals surface area contributed by atoms with Crippen molar-refractivity contribution in [1.82, 2.24) is 9.97 Å². The summed E-state index contributed by atoms with van der Waals surface area (Å²) in [6.45, 7) is 2.51. The van der Waals surface area contributed by atoms with E-state index in [1.807, 2.05) is 0 Å². The summed E-state index contributed by atoms with van der Waals surface area (Å²) in [4.78, 5) is 7.96. The molecule has 1 rings (SSSR count). The van der Waals surface area contributed by atoms with Crippen LogP contribution in [-0.4, -0.2) is 36.3 Å². The largest absolute Gasteiger partial charge is 0.378 e. The van der Waals surface area contributed by atoms with E-state index in [0.29, 0.717) is 19.8 Å². The molecule has 3 N–H and O–H groups in total. The van der Waals surface area contributed by atoms with Gasteiger partial charge in [-0.2, -0.15) is 0 Å². The van der Waals surface area contributed by atoms with Crippen LogP contribution < -0.4 is 11.1 Å². The highest BCUT2D eigenvalue weighted by Crippen LogP contribution is 1.94. The lowest BCUT2D eigenvalue weighted by molar-refractivity contribution is 0.151. The van der Waals surface area contributed by atoms with Crippen LogP contribution in [0.2, 0.25) is 0 Å². The van der Waals surface area contributed by atoms with Crippen LogP contribution in [0, 0.1) is 0 Å². The Labute approximate surface area is 77.3 Å². The van der Waals surface area contributed by atoms with Gasteiger partial charge in [0.05, 0.1) is 19.4 Å². The van der Waals surface area contributed by atoms with Crippen molar-refractivity contribution in [3.63, 3.8) is 0 Å². The standard InChI is InChI=1S/C8H14N4O/c9-1-5-13-6-4-12-8-7-10-2-3-11-8/h2-3,7H,1,4-6,9H2,(H,11,12). The summed E-state index contributed by atoms with van der Waals surface area (Å²) < 4.78 is 5.17. The molecule has 0 radical (unpaired) electrons. The van der Waals surface area contributed by atoms with Crippen LogP contribution in [0.4, 0.5) is 5.82 Å². The molecule has 0 aliphatic carbocycles. The van der Waals surface area contributed by atoms with E-state index in [-0.39, 0.29) is 0 Å². The van der Waals surface area contributed by atoms with Crippen molar-refractivity contribution in [3.8, 4) is 0 Å². The molecule has 1 aromatic heterocycles. The summed E-state index contributed by atoms with van der Waals surface area (Å²) in [6.07, 6.45) is 4.95. The maximum Gasteiger partial charge on any atom is 0.144 e. The Morgan fingerprint density at radius 2 is 2.31 bits per heavy atom. The minimum Gasteiger partial charge on any atom is -0.378 e. The Bertz CT molecular complexity index is 217. The van der Waals surface area contributed by atoms with Gasteiger partial charge in [-0.15, -0.1) is 0 Å². The van der Waals surface area contributed by atoms with Crippen molar-refractivity contribution < 1.29 is 4.74 Å². The molecule has 0 unspecified atom stereocenters. The molecule has 1 aromatic rings. The summed E-state index contributed by atoms with van der Waals surface area (Å²) in [5, 5.41) is 3.06. The molecule has 0 saturated carbocycles. The second-order valence-corrected chi connectivity index (χ2v) is 2.42. The average molecular weight is 182 g/mol. The molecular formula is C8H14N4O. The second kappa shape index (κ2) is 6.33. The number of nitrogens with two attached hydrogens (primary N) is 1. The van der Waals surface area contributed by atoms with Crippen LogP contribution in [0.15, 0.2) is 18.6 Å². The Hall–Kier alpha value is -1.20. The molecule has 0 aliphatic rings. The number of nitrogens with zero attached hydrogens (tertiary/aromatic N) is 2. The van der Waals surface area contributed by atoms with Gasteiger partial charge in [0.1, 0.15) is 5.82 Å². The van der Waals surface area contributed by atoms with Crippen molar-refractivity contribution in [3.05, 3.63) is 18.6 Å². The number of hydrogen-bond donors (Lipinski definition) is 2. The van der Waals surface area contributed by atoms with Gasteiger partial charge in [0.2, 0.25) is 0 Å². The maximum atomic E-state index is 5.25. The van der Waals surface area contributed by atoms with E-state index in [1.165, 1.54) is 0 Å². The number of ether oxygens (including phenoxy) is 1. The molecule has 0 fully saturated rings. The zero-order valence-corrected chi connectivity index (χ0v) is 7.44. The molecule has 0 bridgehead atoms. The summed E-state index contributed by atoms with van der Waals surface area (Å²) in [5.41, 5.74) is 5.25. The number of nitrogens with one attached hydrogen (secondary N) is 1. The highest BCUT2D eigenvalue weighted by atomic mass is 16.5. The molecule has 0 aliphatic heterocycles. The number of rotatable bonds is 6. The summed E-state index contributed by atoms with van der Waals surface area (Å²) in [7, 11) is 0. The molecular weight excluding hydrogens is 168 g/mol. The molecule has 5 heteroatoms. The quantitative estimate of drug-likeness (QED) is 0.599. The van der Waals surface area contributed by atoms with E-state index < -0.39 is 0 Å². The Balaban J connectivity index is 2.07. The van der Waals surface area contributed by atoms with Gasteiger partial charge >= 0.3 is 0 Å². The fraction of sp³-hybridized carbons (Fsp3) is 0.500. The molecule has 0 amide bonds. The van der Waals surface area contributed by atoms with E-state index in [9.17, 15) is 0 Å². The van der Waals surface area contributed by atoms with Gasteiger partial charge in [-0.05, 0) is 0 Å². The highest BCUT2D eigenvalue weighted by Gasteiger charge is 1.90. The highest BCUT2D eigenvalue weighted by molar-refractivity contribution is 5.29. The lowest BCUT2D eigenvalue weighted by Crippen LogP contribution is -2.14. The zero-order chi connectivity index (χ0) is 9.36. The third kappa shape index (κ3) is 4.39. The molecule has 0 atom stereocenters. The molecule has 0 aromatic carbocycles. The van der Waals surface area contributed by atoms with Crippen molar-refractivity contribution in [2.75, 3.05) is 31.6 Å². The monoisotopic (exact) mass is 182 g/mol. The zero-order valence-electron chi connectivity index (χ0n) is 7.44. The topological polar surface area (TPSA) is 73.1 Å². The van der Waals surface area contributed by atoms with E-state index in [1.54, 1.807) is 18.6 Å². The average Bonchev–Trinajstić information content (AvgIpc) is 2.19. The third-order valence-electron chi connectivity index (χ3n) is 1.38. The van der Waals surface area contributed by atoms with E-state index in [4.69, 9.17) is 10.5 Å². The minimum absolute atomic E-state index is 0.561. The van der Waals surface area contributed by atoms with Gasteiger partial charge < -0.3 is 15.8 Å². The van der Waals surface area contributed by atoms with E-state index in [2.05, 4.69) is 15.3 Å². The third-order valence-corrected chi connectivity index (χ3v) is 1.38. The smallest absolute Gasteiger partial charge is 0.144 e. The molecule has 5 nitrogen and oxygen atoms in total. The first-order valence-corrected chi connectivity index (χ1v) is 4.21. The van der Waals surface area contributed by atoms with Crippen molar-refractivity contribution in [1.29, 1.82) is 0 Å². The lowest BCUT2D eigenvalue weighted by atomic mass is 10.6. The Kier molecular flexibility index (Phi) is 4.81. The van der Waals surface area contributed by atoms with Crippen LogP contribution >= 0.6 is 0 Å². The molecule has 0 spiro atoms. The number of hydrogen-bond acceptors (Lipinski definition) is 5. The van der Waals surface area contributed by atoms with Crippen LogP contribution in [-0.2, 0) is 4.74 Å². The first kappa shape index (κ1) is 9.88. The first-order valence-electron chi connectivity index (χ1n) is 4.21. The minimum atomic E-state index is 0.561. The van der Waals surface area contributed by atoms with Crippen molar-refractivity contribution >= 4 is 5.82 Å². The predicted molar refractivity (Wildman–Crippen MR) is 50.4 cm³/mol. The lowest BCUT2D eigenvalue weighted by Gasteiger charge is -2.04. The van der Waals surface area contributed by atoms with Crippen LogP contribution in [0.25, 0.3) is 0 Å². The molecule has 72 valence electrons. The van der Waals surface area contributed by atoms with Gasteiger partial charge in [0.15, 0.2) is 0 Å². The van der Waals surface area contributed by atoms with Gasteiger partial charge in [0, 0.05) is 25.5 Å². The fourth-order valence-corrected chi connectivity index (χ4v) is 0.827. The van der Waals surface area contributed by atoms with Gasteiger partial charge in [-0.25, -0.2) is 4.98 Å². The van der Waals surface area contributed by atoms with Gasteiger partial charge in [-0.1, -0.05) is 0 Å². The summed E-state index contributed by atoms with van der Waals surface area (Å²) >= 11 is 0. The Morgan fingerprint density at radius 1 is 1.38 bits per heavy atom. The van der Waals surface area contributed by atoms with Crippen molar-refractivity contribution in [2.24, 2.45) is 5.73 Å². The first-order chi connectivity index (χ1) is 6.43. The maximum absolute atomic E-state index is 5.25. The summed E-state index contributed by atoms with van der Waals surface area (Å²) in [6, 6.07) is 0. The normalized spacial score (nSPS) is 9.92. The van der Waals surface area contributed by atoms with Crippen LogP contribution in [0.5, 0.6) is 0 Å². The van der Waals surface area contributed by atoms with Crippen molar-refractivity contribution in [2.45, 2.75) is 0 Å². The summed E-state index contributed by atoms with van der Waals surface area (Å²) in [5.74, 6) is 0.763. The Morgan fingerprint density at radius 3 is 3.00 bits per heavy atom. The predicted octanol–water partition coefficient (Wildman–Crippen LogP) is -0.136. The second-order valence-electron chi connectivity index (χ2n) is 2.42. The fourth-order valence-electron chi connectivity index (χ4n) is 0.827. The van der Waals surface area contributed by atoms with E-state index >= 15 is 0 Å². The van der Waals surface area contributed by atoms with Crippen LogP contribution in [0.1, 0.15) is 0 Å². The molecule has 13 heavy (non-hydrogen) atoms. The molecule has 1 heterocycles. The van der Waals surface area contributed by atoms with Gasteiger partial charge in [0.25, 0.3) is 0 Å². The number of anilines is 1. The molecule has 0 saturated heterocycles.